The van der Waals surface area contributed by atoms with E-state index >= 15 is 0 Å². The van der Waals surface area contributed by atoms with E-state index in [1.165, 1.54) is 12.3 Å². The summed E-state index contributed by atoms with van der Waals surface area (Å²) >= 11 is 0.974. The lowest BCUT2D eigenvalue weighted by molar-refractivity contribution is -0.380. The van der Waals surface area contributed by atoms with Gasteiger partial charge < -0.3 is 4.74 Å². The van der Waals surface area contributed by atoms with Crippen LogP contribution in [0.2, 0.25) is 0 Å². The molecule has 0 radical (unpaired) electrons. The highest BCUT2D eigenvalue weighted by Gasteiger charge is 2.08. The van der Waals surface area contributed by atoms with Gasteiger partial charge in [-0.1, -0.05) is 23.5 Å². The third-order valence-electron chi connectivity index (χ3n) is 2.53. The van der Waals surface area contributed by atoms with Gasteiger partial charge in [-0.15, -0.1) is 0 Å². The maximum Gasteiger partial charge on any atom is 0.324 e. The first kappa shape index (κ1) is 15.6. The molecule has 0 aliphatic carbocycles. The summed E-state index contributed by atoms with van der Waals surface area (Å²) in [6, 6.07) is 10.3. The van der Waals surface area contributed by atoms with Crippen molar-refractivity contribution in [2.45, 2.75) is 6.92 Å². The molecule has 1 aromatic heterocycles. The molecule has 0 spiro atoms. The summed E-state index contributed by atoms with van der Waals surface area (Å²) in [6.07, 6.45) is 1.35. The van der Waals surface area contributed by atoms with Crippen molar-refractivity contribution in [1.29, 1.82) is 0 Å². The first-order valence-electron chi connectivity index (χ1n) is 6.30. The summed E-state index contributed by atoms with van der Waals surface area (Å²) < 4.78 is 5.31. The second kappa shape index (κ2) is 7.32. The van der Waals surface area contributed by atoms with Crippen molar-refractivity contribution in [3.8, 4) is 5.75 Å². The average Bonchev–Trinajstić information content (AvgIpc) is 2.94. The van der Waals surface area contributed by atoms with E-state index in [9.17, 15) is 14.9 Å². The van der Waals surface area contributed by atoms with E-state index in [1.807, 2.05) is 25.1 Å². The topological polar surface area (TPSA) is 93.8 Å². The first-order chi connectivity index (χ1) is 10.5. The van der Waals surface area contributed by atoms with Crippen LogP contribution in [-0.2, 0) is 4.79 Å². The van der Waals surface area contributed by atoms with Crippen LogP contribution in [0.1, 0.15) is 10.4 Å². The van der Waals surface area contributed by atoms with Crippen molar-refractivity contribution in [3.05, 3.63) is 57.0 Å². The number of carbonyl (C=O) groups is 1. The van der Waals surface area contributed by atoms with Crippen molar-refractivity contribution < 1.29 is 14.5 Å². The van der Waals surface area contributed by atoms with Crippen molar-refractivity contribution in [3.63, 3.8) is 0 Å². The first-order valence-corrected chi connectivity index (χ1v) is 7.12. The van der Waals surface area contributed by atoms with Gasteiger partial charge in [0.25, 0.3) is 5.91 Å². The Kier molecular flexibility index (Phi) is 5.21. The fraction of sp³-hybridized carbons (Fsp3) is 0.143. The number of hydrazone groups is 1. The predicted molar refractivity (Wildman–Crippen MR) is 83.4 cm³/mol. The maximum atomic E-state index is 11.6. The third kappa shape index (κ3) is 4.67. The number of nitrogens with zero attached hydrogens (tertiary/aromatic N) is 2. The number of thiophene rings is 1. The second-order valence-electron chi connectivity index (χ2n) is 4.33. The van der Waals surface area contributed by atoms with Crippen LogP contribution >= 0.6 is 11.3 Å². The number of rotatable bonds is 6. The molecular formula is C14H13N3O4S. The minimum absolute atomic E-state index is 0.0237. The van der Waals surface area contributed by atoms with Gasteiger partial charge in [-0.05, 0) is 30.7 Å². The lowest BCUT2D eigenvalue weighted by Gasteiger charge is -2.05. The summed E-state index contributed by atoms with van der Waals surface area (Å²) in [6.45, 7) is 1.77. The number of aryl methyl sites for hydroxylation is 1. The Bertz CT molecular complexity index is 712. The fourth-order valence-corrected chi connectivity index (χ4v) is 2.26. The molecule has 1 aromatic carbocycles. The van der Waals surface area contributed by atoms with Crippen molar-refractivity contribution in [2.75, 3.05) is 6.61 Å². The second-order valence-corrected chi connectivity index (χ2v) is 5.43. The molecule has 2 aromatic rings. The standard InChI is InChI=1S/C14H13N3O4S/c1-10-3-2-4-11(7-10)21-9-13(18)16-15-8-12-5-6-14(22-12)17(19)20/h2-8H,9H2,1H3,(H,16,18)/b15-8+. The van der Waals surface area contributed by atoms with Crippen molar-refractivity contribution in [1.82, 2.24) is 5.43 Å². The Hall–Kier alpha value is -2.74. The van der Waals surface area contributed by atoms with Crippen LogP contribution in [-0.4, -0.2) is 23.7 Å². The Morgan fingerprint density at radius 1 is 1.45 bits per heavy atom. The number of carbonyl (C=O) groups excluding carboxylic acids is 1. The largest absolute Gasteiger partial charge is 0.484 e. The molecule has 0 fully saturated rings. The number of benzene rings is 1. The van der Waals surface area contributed by atoms with E-state index < -0.39 is 10.8 Å². The molecule has 22 heavy (non-hydrogen) atoms. The highest BCUT2D eigenvalue weighted by Crippen LogP contribution is 2.22. The zero-order valence-electron chi connectivity index (χ0n) is 11.7. The van der Waals surface area contributed by atoms with Crippen LogP contribution in [0, 0.1) is 17.0 Å². The number of nitro groups is 1. The summed E-state index contributed by atoms with van der Waals surface area (Å²) in [5.74, 6) is 0.192. The molecule has 1 amide bonds. The Morgan fingerprint density at radius 3 is 2.95 bits per heavy atom. The van der Waals surface area contributed by atoms with Crippen LogP contribution in [0.15, 0.2) is 41.5 Å². The minimum atomic E-state index is -0.476. The van der Waals surface area contributed by atoms with Gasteiger partial charge in [-0.25, -0.2) is 5.43 Å². The van der Waals surface area contributed by atoms with Crippen molar-refractivity contribution >= 4 is 28.5 Å². The van der Waals surface area contributed by atoms with Crippen LogP contribution in [0.4, 0.5) is 5.00 Å². The molecular weight excluding hydrogens is 306 g/mol. The molecule has 0 aliphatic heterocycles. The van der Waals surface area contributed by atoms with Gasteiger partial charge in [0.1, 0.15) is 5.75 Å². The molecule has 114 valence electrons. The number of nitrogens with one attached hydrogen (secondary N) is 1. The zero-order chi connectivity index (χ0) is 15.9. The van der Waals surface area contributed by atoms with E-state index in [4.69, 9.17) is 4.74 Å². The Balaban J connectivity index is 1.79. The van der Waals surface area contributed by atoms with E-state index in [0.717, 1.165) is 16.9 Å². The number of ether oxygens (including phenoxy) is 1. The highest BCUT2D eigenvalue weighted by atomic mass is 32.1. The summed E-state index contributed by atoms with van der Waals surface area (Å²) in [5.41, 5.74) is 3.33. The van der Waals surface area contributed by atoms with Gasteiger partial charge in [0.05, 0.1) is 16.0 Å². The SMILES string of the molecule is Cc1cccc(OCC(=O)N/N=C/c2ccc([N+](=O)[O-])s2)c1. The number of amides is 1. The average molecular weight is 319 g/mol. The molecule has 0 saturated heterocycles. The van der Waals surface area contributed by atoms with Crippen LogP contribution < -0.4 is 10.2 Å². The third-order valence-corrected chi connectivity index (χ3v) is 3.50. The quantitative estimate of drug-likeness (QED) is 0.503. The molecule has 8 heteroatoms. The molecule has 1 heterocycles. The Labute approximate surface area is 130 Å². The monoisotopic (exact) mass is 319 g/mol. The highest BCUT2D eigenvalue weighted by molar-refractivity contribution is 7.16. The molecule has 0 aliphatic rings. The lowest BCUT2D eigenvalue weighted by Crippen LogP contribution is -2.24. The maximum absolute atomic E-state index is 11.6. The molecule has 0 bridgehead atoms. The molecule has 7 nitrogen and oxygen atoms in total. The summed E-state index contributed by atoms with van der Waals surface area (Å²) in [7, 11) is 0. The molecule has 0 atom stereocenters. The van der Waals surface area contributed by atoms with Gasteiger partial charge in [0.15, 0.2) is 6.61 Å². The fourth-order valence-electron chi connectivity index (χ4n) is 1.56. The van der Waals surface area contributed by atoms with E-state index in [2.05, 4.69) is 10.5 Å². The minimum Gasteiger partial charge on any atom is -0.484 e. The van der Waals surface area contributed by atoms with E-state index in [0.29, 0.717) is 10.6 Å². The number of hydrogen-bond acceptors (Lipinski definition) is 6. The van der Waals surface area contributed by atoms with Gasteiger partial charge in [0.2, 0.25) is 0 Å². The van der Waals surface area contributed by atoms with Gasteiger partial charge in [-0.2, -0.15) is 5.10 Å². The molecule has 1 N–H and O–H groups in total. The van der Waals surface area contributed by atoms with E-state index in [-0.39, 0.29) is 11.6 Å². The lowest BCUT2D eigenvalue weighted by atomic mass is 10.2. The summed E-state index contributed by atoms with van der Waals surface area (Å²) in [5, 5.41) is 14.3. The Morgan fingerprint density at radius 2 is 2.27 bits per heavy atom. The van der Waals surface area contributed by atoms with Crippen molar-refractivity contribution in [2.24, 2.45) is 5.10 Å². The normalized spacial score (nSPS) is 10.6. The molecule has 2 rings (SSSR count). The van der Waals surface area contributed by atoms with Gasteiger partial charge in [-0.3, -0.25) is 14.9 Å². The predicted octanol–water partition coefficient (Wildman–Crippen LogP) is 2.49. The van der Waals surface area contributed by atoms with Gasteiger partial charge >= 0.3 is 5.00 Å². The smallest absolute Gasteiger partial charge is 0.324 e. The van der Waals surface area contributed by atoms with Crippen LogP contribution in [0.5, 0.6) is 5.75 Å². The molecule has 0 unspecified atom stereocenters. The molecule has 0 saturated carbocycles. The van der Waals surface area contributed by atoms with Crippen LogP contribution in [0.3, 0.4) is 0 Å². The number of hydrogen-bond donors (Lipinski definition) is 1. The van der Waals surface area contributed by atoms with E-state index in [1.54, 1.807) is 12.1 Å². The summed E-state index contributed by atoms with van der Waals surface area (Å²) in [4.78, 5) is 22.2. The zero-order valence-corrected chi connectivity index (χ0v) is 12.5. The van der Waals surface area contributed by atoms with Crippen LogP contribution in [0.25, 0.3) is 0 Å². The van der Waals surface area contributed by atoms with Gasteiger partial charge in [0, 0.05) is 6.07 Å².